The van der Waals surface area contributed by atoms with E-state index in [0.717, 1.165) is 50.7 Å². The van der Waals surface area contributed by atoms with Crippen molar-refractivity contribution in [3.8, 4) is 5.75 Å². The molecule has 0 atom stereocenters. The van der Waals surface area contributed by atoms with Gasteiger partial charge in [-0.15, -0.1) is 0 Å². The summed E-state index contributed by atoms with van der Waals surface area (Å²) >= 11 is 5.18. The molecule has 1 fully saturated rings. The molecule has 0 aromatic heterocycles. The molecule has 1 aliphatic rings. The molecule has 6 nitrogen and oxygen atoms in total. The molecule has 0 radical (unpaired) electrons. The fraction of sp³-hybridized carbons (Fsp3) is 0.412. The summed E-state index contributed by atoms with van der Waals surface area (Å²) in [5, 5.41) is 7.72. The van der Waals surface area contributed by atoms with Gasteiger partial charge in [0, 0.05) is 38.0 Å². The van der Waals surface area contributed by atoms with Crippen molar-refractivity contribution < 1.29 is 9.47 Å². The summed E-state index contributed by atoms with van der Waals surface area (Å²) in [5.74, 6) is 0.829. The average Bonchev–Trinajstić information content (AvgIpc) is 2.62. The van der Waals surface area contributed by atoms with Crippen molar-refractivity contribution in [2.75, 3.05) is 46.5 Å². The fourth-order valence-electron chi connectivity index (χ4n) is 2.28. The van der Waals surface area contributed by atoms with Crippen molar-refractivity contribution in [3.05, 3.63) is 35.9 Å². The lowest BCUT2D eigenvalue weighted by atomic mass is 10.2. The topological polar surface area (TPSA) is 58.1 Å². The molecule has 0 saturated carbocycles. The predicted octanol–water partition coefficient (Wildman–Crippen LogP) is 1.49. The summed E-state index contributed by atoms with van der Waals surface area (Å²) in [4.78, 5) is 2.35. The van der Waals surface area contributed by atoms with Gasteiger partial charge in [-0.3, -0.25) is 10.3 Å². The van der Waals surface area contributed by atoms with Gasteiger partial charge in [0.1, 0.15) is 5.75 Å². The van der Waals surface area contributed by atoms with Crippen LogP contribution in [0.4, 0.5) is 0 Å². The van der Waals surface area contributed by atoms with Crippen LogP contribution in [0, 0.1) is 0 Å². The standard InChI is InChI=1S/C17H24N4O2S/c1-22-16-7-3-2-5-15(16)6-4-8-19-20-17(24)18-9-10-21-11-13-23-14-12-21/h2-8H,9-14H2,1H3,(H2,18,20,24)/b6-4+,19-8+. The molecule has 0 aliphatic carbocycles. The summed E-state index contributed by atoms with van der Waals surface area (Å²) in [5.41, 5.74) is 3.80. The highest BCUT2D eigenvalue weighted by molar-refractivity contribution is 7.80. The summed E-state index contributed by atoms with van der Waals surface area (Å²) < 4.78 is 10.6. The van der Waals surface area contributed by atoms with E-state index in [-0.39, 0.29) is 0 Å². The van der Waals surface area contributed by atoms with E-state index in [0.29, 0.717) is 5.11 Å². The van der Waals surface area contributed by atoms with E-state index in [4.69, 9.17) is 21.7 Å². The predicted molar refractivity (Wildman–Crippen MR) is 102 cm³/mol. The first-order valence-electron chi connectivity index (χ1n) is 7.96. The number of methoxy groups -OCH3 is 1. The molecule has 2 N–H and O–H groups in total. The summed E-state index contributed by atoms with van der Waals surface area (Å²) in [6, 6.07) is 7.80. The first-order valence-corrected chi connectivity index (χ1v) is 8.37. The monoisotopic (exact) mass is 348 g/mol. The molecule has 1 aromatic carbocycles. The fourth-order valence-corrected chi connectivity index (χ4v) is 2.44. The number of hydrogen-bond acceptors (Lipinski definition) is 5. The van der Waals surface area contributed by atoms with Crippen LogP contribution in [0.3, 0.4) is 0 Å². The molecular formula is C17H24N4O2S. The van der Waals surface area contributed by atoms with Crippen LogP contribution in [0.2, 0.25) is 0 Å². The minimum absolute atomic E-state index is 0.519. The van der Waals surface area contributed by atoms with Crippen molar-refractivity contribution in [2.45, 2.75) is 0 Å². The van der Waals surface area contributed by atoms with Crippen molar-refractivity contribution in [3.63, 3.8) is 0 Å². The maximum atomic E-state index is 5.32. The molecule has 1 aromatic rings. The molecule has 0 unspecified atom stereocenters. The van der Waals surface area contributed by atoms with Gasteiger partial charge in [0.25, 0.3) is 0 Å². The Hall–Kier alpha value is -1.96. The smallest absolute Gasteiger partial charge is 0.187 e. The summed E-state index contributed by atoms with van der Waals surface area (Å²) in [7, 11) is 1.66. The number of allylic oxidation sites excluding steroid dienone is 1. The van der Waals surface area contributed by atoms with Crippen molar-refractivity contribution in [2.24, 2.45) is 5.10 Å². The minimum atomic E-state index is 0.519. The minimum Gasteiger partial charge on any atom is -0.496 e. The van der Waals surface area contributed by atoms with Crippen LogP contribution in [0.5, 0.6) is 5.75 Å². The second-order valence-electron chi connectivity index (χ2n) is 5.20. The van der Waals surface area contributed by atoms with Crippen LogP contribution in [0.15, 0.2) is 35.4 Å². The number of para-hydroxylation sites is 1. The molecule has 1 aliphatic heterocycles. The number of hydrazone groups is 1. The quantitative estimate of drug-likeness (QED) is 0.442. The van der Waals surface area contributed by atoms with E-state index in [1.165, 1.54) is 0 Å². The SMILES string of the molecule is COc1ccccc1/C=C/C=N/NC(=S)NCCN1CCOCC1. The van der Waals surface area contributed by atoms with E-state index in [9.17, 15) is 0 Å². The van der Waals surface area contributed by atoms with Gasteiger partial charge in [-0.2, -0.15) is 5.10 Å². The van der Waals surface area contributed by atoms with E-state index >= 15 is 0 Å². The van der Waals surface area contributed by atoms with Crippen LogP contribution in [-0.2, 0) is 4.74 Å². The highest BCUT2D eigenvalue weighted by Crippen LogP contribution is 2.18. The average molecular weight is 348 g/mol. The Bertz CT molecular complexity index is 571. The number of hydrogen-bond donors (Lipinski definition) is 2. The second-order valence-corrected chi connectivity index (χ2v) is 5.61. The first kappa shape index (κ1) is 18.4. The van der Waals surface area contributed by atoms with Crippen molar-refractivity contribution >= 4 is 29.6 Å². The molecular weight excluding hydrogens is 324 g/mol. The van der Waals surface area contributed by atoms with Gasteiger partial charge in [0.2, 0.25) is 0 Å². The molecule has 1 saturated heterocycles. The molecule has 0 spiro atoms. The van der Waals surface area contributed by atoms with Crippen LogP contribution < -0.4 is 15.5 Å². The number of nitrogens with one attached hydrogen (secondary N) is 2. The molecule has 0 amide bonds. The number of benzene rings is 1. The highest BCUT2D eigenvalue weighted by atomic mass is 32.1. The second kappa shape index (κ2) is 10.7. The Morgan fingerprint density at radius 2 is 2.17 bits per heavy atom. The number of morpholine rings is 1. The number of rotatable bonds is 7. The summed E-state index contributed by atoms with van der Waals surface area (Å²) in [6.07, 6.45) is 5.42. The van der Waals surface area contributed by atoms with E-state index in [2.05, 4.69) is 20.7 Å². The Labute approximate surface area is 148 Å². The lowest BCUT2D eigenvalue weighted by Crippen LogP contribution is -2.42. The Morgan fingerprint density at radius 3 is 2.96 bits per heavy atom. The zero-order valence-corrected chi connectivity index (χ0v) is 14.7. The molecule has 2 rings (SSSR count). The van der Waals surface area contributed by atoms with E-state index in [1.54, 1.807) is 13.3 Å². The van der Waals surface area contributed by atoms with E-state index < -0.39 is 0 Å². The Morgan fingerprint density at radius 1 is 1.38 bits per heavy atom. The van der Waals surface area contributed by atoms with E-state index in [1.807, 2.05) is 36.4 Å². The maximum absolute atomic E-state index is 5.32. The first-order chi connectivity index (χ1) is 11.8. The van der Waals surface area contributed by atoms with Crippen LogP contribution in [0.1, 0.15) is 5.56 Å². The van der Waals surface area contributed by atoms with Gasteiger partial charge >= 0.3 is 0 Å². The molecule has 130 valence electrons. The van der Waals surface area contributed by atoms with Crippen molar-refractivity contribution in [1.82, 2.24) is 15.6 Å². The lowest BCUT2D eigenvalue weighted by molar-refractivity contribution is 0.0389. The Balaban J connectivity index is 1.64. The van der Waals surface area contributed by atoms with Gasteiger partial charge in [-0.25, -0.2) is 0 Å². The number of nitrogens with zero attached hydrogens (tertiary/aromatic N) is 2. The Kier molecular flexibility index (Phi) is 8.23. The zero-order valence-electron chi connectivity index (χ0n) is 13.9. The largest absolute Gasteiger partial charge is 0.496 e. The summed E-state index contributed by atoms with van der Waals surface area (Å²) in [6.45, 7) is 5.32. The maximum Gasteiger partial charge on any atom is 0.187 e. The molecule has 24 heavy (non-hydrogen) atoms. The molecule has 7 heteroatoms. The third kappa shape index (κ3) is 6.66. The normalized spacial score (nSPS) is 15.7. The van der Waals surface area contributed by atoms with Gasteiger partial charge in [-0.05, 0) is 30.4 Å². The molecule has 1 heterocycles. The van der Waals surface area contributed by atoms with Crippen LogP contribution in [-0.4, -0.2) is 62.7 Å². The zero-order chi connectivity index (χ0) is 17.0. The van der Waals surface area contributed by atoms with Gasteiger partial charge in [0.05, 0.1) is 20.3 Å². The van der Waals surface area contributed by atoms with Gasteiger partial charge < -0.3 is 14.8 Å². The third-order valence-electron chi connectivity index (χ3n) is 3.56. The molecule has 0 bridgehead atoms. The van der Waals surface area contributed by atoms with Crippen LogP contribution in [0.25, 0.3) is 6.08 Å². The van der Waals surface area contributed by atoms with Crippen molar-refractivity contribution in [1.29, 1.82) is 0 Å². The van der Waals surface area contributed by atoms with Gasteiger partial charge in [-0.1, -0.05) is 18.2 Å². The third-order valence-corrected chi connectivity index (χ3v) is 3.79. The van der Waals surface area contributed by atoms with Gasteiger partial charge in [0.15, 0.2) is 5.11 Å². The number of ether oxygens (including phenoxy) is 2. The number of thiocarbonyl (C=S) groups is 1. The lowest BCUT2D eigenvalue weighted by Gasteiger charge is -2.26. The van der Waals surface area contributed by atoms with Crippen LogP contribution >= 0.6 is 12.2 Å². The highest BCUT2D eigenvalue weighted by Gasteiger charge is 2.09.